The molecule has 5 nitrogen and oxygen atoms in total. The van der Waals surface area contributed by atoms with E-state index in [0.29, 0.717) is 48.6 Å². The Morgan fingerprint density at radius 1 is 1.23 bits per heavy atom. The molecule has 7 heteroatoms. The zero-order chi connectivity index (χ0) is 15.7. The van der Waals surface area contributed by atoms with Gasteiger partial charge in [0.05, 0.1) is 34.9 Å². The van der Waals surface area contributed by atoms with E-state index in [1.54, 1.807) is 28.0 Å². The Bertz CT molecular complexity index is 602. The summed E-state index contributed by atoms with van der Waals surface area (Å²) in [6.07, 6.45) is 0.207. The van der Waals surface area contributed by atoms with Gasteiger partial charge in [-0.3, -0.25) is 9.59 Å². The maximum atomic E-state index is 12.5. The molecule has 2 amide bonds. The van der Waals surface area contributed by atoms with Gasteiger partial charge in [0.2, 0.25) is 11.8 Å². The first kappa shape index (κ1) is 15.6. The number of amides is 2. The lowest BCUT2D eigenvalue weighted by molar-refractivity contribution is -0.139. The number of benzene rings is 1. The minimum atomic E-state index is -0.333. The predicted molar refractivity (Wildman–Crippen MR) is 84.3 cm³/mol. The van der Waals surface area contributed by atoms with Crippen molar-refractivity contribution in [1.29, 1.82) is 0 Å². The molecule has 2 aliphatic rings. The zero-order valence-electron chi connectivity index (χ0n) is 11.9. The molecule has 3 rings (SSSR count). The molecule has 118 valence electrons. The first-order valence-electron chi connectivity index (χ1n) is 7.19. The second-order valence-electron chi connectivity index (χ2n) is 5.42. The van der Waals surface area contributed by atoms with Gasteiger partial charge in [0.25, 0.3) is 0 Å². The first-order chi connectivity index (χ1) is 10.6. The molecule has 2 aliphatic heterocycles. The normalized spacial score (nSPS) is 22.3. The van der Waals surface area contributed by atoms with E-state index in [0.717, 1.165) is 0 Å². The highest BCUT2D eigenvalue weighted by Gasteiger charge is 2.38. The molecule has 0 bridgehead atoms. The van der Waals surface area contributed by atoms with E-state index in [2.05, 4.69) is 0 Å². The van der Waals surface area contributed by atoms with Gasteiger partial charge in [-0.1, -0.05) is 29.3 Å². The number of hydrogen-bond donors (Lipinski definition) is 0. The molecule has 1 unspecified atom stereocenters. The minimum absolute atomic E-state index is 0.0114. The van der Waals surface area contributed by atoms with Gasteiger partial charge >= 0.3 is 0 Å². The SMILES string of the molecule is O=C(C1CC(=O)N(c2cccc(Cl)c2Cl)C1)N1CCOCC1. The number of hydrogen-bond acceptors (Lipinski definition) is 3. The maximum absolute atomic E-state index is 12.5. The van der Waals surface area contributed by atoms with Crippen LogP contribution in [0.3, 0.4) is 0 Å². The van der Waals surface area contributed by atoms with Crippen molar-refractivity contribution in [2.24, 2.45) is 5.92 Å². The molecule has 22 heavy (non-hydrogen) atoms. The summed E-state index contributed by atoms with van der Waals surface area (Å²) in [5.41, 5.74) is 0.566. The van der Waals surface area contributed by atoms with Gasteiger partial charge in [0, 0.05) is 26.1 Å². The summed E-state index contributed by atoms with van der Waals surface area (Å²) in [5, 5.41) is 0.743. The third-order valence-electron chi connectivity index (χ3n) is 4.02. The average molecular weight is 343 g/mol. The minimum Gasteiger partial charge on any atom is -0.378 e. The zero-order valence-corrected chi connectivity index (χ0v) is 13.4. The fourth-order valence-electron chi connectivity index (χ4n) is 2.85. The van der Waals surface area contributed by atoms with Crippen LogP contribution < -0.4 is 4.90 Å². The fraction of sp³-hybridized carbons (Fsp3) is 0.467. The van der Waals surface area contributed by atoms with Crippen molar-refractivity contribution in [2.75, 3.05) is 37.7 Å². The van der Waals surface area contributed by atoms with Crippen LogP contribution in [-0.2, 0) is 14.3 Å². The van der Waals surface area contributed by atoms with Crippen molar-refractivity contribution < 1.29 is 14.3 Å². The molecule has 0 spiro atoms. The second-order valence-corrected chi connectivity index (χ2v) is 6.20. The number of carbonyl (C=O) groups is 2. The van der Waals surface area contributed by atoms with Gasteiger partial charge in [-0.25, -0.2) is 0 Å². The third-order valence-corrected chi connectivity index (χ3v) is 4.83. The van der Waals surface area contributed by atoms with Gasteiger partial charge in [-0.05, 0) is 12.1 Å². The molecular formula is C15H16Cl2N2O3. The first-order valence-corrected chi connectivity index (χ1v) is 7.94. The van der Waals surface area contributed by atoms with Crippen molar-refractivity contribution in [3.8, 4) is 0 Å². The molecule has 1 aromatic rings. The Labute approximate surface area is 138 Å². The van der Waals surface area contributed by atoms with E-state index in [-0.39, 0.29) is 24.2 Å². The van der Waals surface area contributed by atoms with Crippen molar-refractivity contribution >= 4 is 40.7 Å². The van der Waals surface area contributed by atoms with Crippen molar-refractivity contribution in [2.45, 2.75) is 6.42 Å². The quantitative estimate of drug-likeness (QED) is 0.827. The molecule has 1 atom stereocenters. The highest BCUT2D eigenvalue weighted by molar-refractivity contribution is 6.44. The third kappa shape index (κ3) is 2.93. The Balaban J connectivity index is 1.75. The number of anilines is 1. The molecule has 0 aliphatic carbocycles. The molecule has 1 aromatic carbocycles. The van der Waals surface area contributed by atoms with E-state index >= 15 is 0 Å². The number of morpholine rings is 1. The molecule has 2 saturated heterocycles. The standard InChI is InChI=1S/C15H16Cl2N2O3/c16-11-2-1-3-12(14(11)17)19-9-10(8-13(19)20)15(21)18-4-6-22-7-5-18/h1-3,10H,4-9H2. The highest BCUT2D eigenvalue weighted by Crippen LogP contribution is 2.36. The summed E-state index contributed by atoms with van der Waals surface area (Å²) in [4.78, 5) is 28.1. The molecular weight excluding hydrogens is 327 g/mol. The van der Waals surface area contributed by atoms with Crippen LogP contribution in [0.15, 0.2) is 18.2 Å². The largest absolute Gasteiger partial charge is 0.378 e. The number of ether oxygens (including phenoxy) is 1. The lowest BCUT2D eigenvalue weighted by atomic mass is 10.1. The summed E-state index contributed by atoms with van der Waals surface area (Å²) in [7, 11) is 0. The number of halogens is 2. The number of rotatable bonds is 2. The highest BCUT2D eigenvalue weighted by atomic mass is 35.5. The number of carbonyl (C=O) groups excluding carboxylic acids is 2. The molecule has 0 aromatic heterocycles. The lowest BCUT2D eigenvalue weighted by Crippen LogP contribution is -2.44. The Morgan fingerprint density at radius 3 is 2.68 bits per heavy atom. The molecule has 2 fully saturated rings. The van der Waals surface area contributed by atoms with Crippen LogP contribution in [0.2, 0.25) is 10.0 Å². The van der Waals surface area contributed by atoms with Gasteiger partial charge in [-0.15, -0.1) is 0 Å². The van der Waals surface area contributed by atoms with Gasteiger partial charge in [0.1, 0.15) is 0 Å². The molecule has 0 saturated carbocycles. The van der Waals surface area contributed by atoms with Crippen LogP contribution in [0.4, 0.5) is 5.69 Å². The second kappa shape index (κ2) is 6.44. The Morgan fingerprint density at radius 2 is 1.95 bits per heavy atom. The average Bonchev–Trinajstić information content (AvgIpc) is 2.92. The van der Waals surface area contributed by atoms with Crippen molar-refractivity contribution in [3.05, 3.63) is 28.2 Å². The van der Waals surface area contributed by atoms with E-state index in [1.165, 1.54) is 0 Å². The van der Waals surface area contributed by atoms with Crippen molar-refractivity contribution in [1.82, 2.24) is 4.90 Å². The van der Waals surface area contributed by atoms with E-state index in [4.69, 9.17) is 27.9 Å². The van der Waals surface area contributed by atoms with E-state index in [9.17, 15) is 9.59 Å². The monoisotopic (exact) mass is 342 g/mol. The topological polar surface area (TPSA) is 49.9 Å². The van der Waals surface area contributed by atoms with E-state index < -0.39 is 0 Å². The lowest BCUT2D eigenvalue weighted by Gasteiger charge is -2.29. The van der Waals surface area contributed by atoms with Crippen LogP contribution >= 0.6 is 23.2 Å². The fourth-order valence-corrected chi connectivity index (χ4v) is 3.25. The number of nitrogens with zero attached hydrogens (tertiary/aromatic N) is 2. The molecule has 2 heterocycles. The summed E-state index contributed by atoms with van der Waals surface area (Å²) < 4.78 is 5.25. The van der Waals surface area contributed by atoms with Crippen LogP contribution in [-0.4, -0.2) is 49.6 Å². The van der Waals surface area contributed by atoms with Crippen LogP contribution in [0.25, 0.3) is 0 Å². The van der Waals surface area contributed by atoms with Gasteiger partial charge in [0.15, 0.2) is 0 Å². The maximum Gasteiger partial charge on any atom is 0.228 e. The summed E-state index contributed by atoms with van der Waals surface area (Å²) in [6, 6.07) is 5.16. The summed E-state index contributed by atoms with van der Waals surface area (Å²) >= 11 is 12.2. The van der Waals surface area contributed by atoms with E-state index in [1.807, 2.05) is 0 Å². The van der Waals surface area contributed by atoms with Crippen LogP contribution in [0.5, 0.6) is 0 Å². The molecule has 0 N–H and O–H groups in total. The predicted octanol–water partition coefficient (Wildman–Crippen LogP) is 2.21. The Kier molecular flexibility index (Phi) is 4.57. The summed E-state index contributed by atoms with van der Waals surface area (Å²) in [6.45, 7) is 2.62. The van der Waals surface area contributed by atoms with Crippen LogP contribution in [0, 0.1) is 5.92 Å². The Hall–Kier alpha value is -1.30. The summed E-state index contributed by atoms with van der Waals surface area (Å²) in [5.74, 6) is -0.422. The van der Waals surface area contributed by atoms with Crippen molar-refractivity contribution in [3.63, 3.8) is 0 Å². The van der Waals surface area contributed by atoms with Gasteiger partial charge in [-0.2, -0.15) is 0 Å². The van der Waals surface area contributed by atoms with Gasteiger partial charge < -0.3 is 14.5 Å². The molecule has 0 radical (unpaired) electrons. The van der Waals surface area contributed by atoms with Crippen LogP contribution in [0.1, 0.15) is 6.42 Å². The smallest absolute Gasteiger partial charge is 0.228 e.